The average Bonchev–Trinajstić information content (AvgIpc) is 2.45. The lowest BCUT2D eigenvalue weighted by molar-refractivity contribution is -0.144. The third kappa shape index (κ3) is 6.40. The molecule has 0 aromatic rings. The Morgan fingerprint density at radius 3 is 2.62 bits per heavy atom. The molecule has 0 spiro atoms. The topological polar surface area (TPSA) is 108 Å². The average molecular weight is 297 g/mol. The molecule has 0 aliphatic heterocycles. The Balaban J connectivity index is 2.25. The predicted molar refractivity (Wildman–Crippen MR) is 77.7 cm³/mol. The van der Waals surface area contributed by atoms with Crippen molar-refractivity contribution >= 4 is 17.9 Å². The first-order valence-electron chi connectivity index (χ1n) is 7.16. The Labute approximate surface area is 124 Å². The Hall–Kier alpha value is -1.89. The summed E-state index contributed by atoms with van der Waals surface area (Å²) >= 11 is 0. The molecule has 1 saturated carbocycles. The van der Waals surface area contributed by atoms with Crippen LogP contribution in [0.3, 0.4) is 0 Å². The molecule has 1 fully saturated rings. The van der Waals surface area contributed by atoms with E-state index in [-0.39, 0.29) is 24.9 Å². The third-order valence-electron chi connectivity index (χ3n) is 3.58. The number of carboxylic acids is 1. The van der Waals surface area contributed by atoms with Crippen molar-refractivity contribution in [2.45, 2.75) is 25.7 Å². The van der Waals surface area contributed by atoms with Crippen molar-refractivity contribution in [2.75, 3.05) is 19.6 Å². The summed E-state index contributed by atoms with van der Waals surface area (Å²) in [5.41, 5.74) is 0. The smallest absolute Gasteiger partial charge is 0.321 e. The third-order valence-corrected chi connectivity index (χ3v) is 3.58. The summed E-state index contributed by atoms with van der Waals surface area (Å²) in [7, 11) is 0. The number of imide groups is 1. The van der Waals surface area contributed by atoms with Gasteiger partial charge in [0.1, 0.15) is 0 Å². The number of hydrogen-bond donors (Lipinski definition) is 4. The van der Waals surface area contributed by atoms with Crippen LogP contribution in [0.4, 0.5) is 4.79 Å². The SMILES string of the molecule is C=CCNC(=O)NC(=O)CNCC1CCCCC1C(=O)O. The van der Waals surface area contributed by atoms with Crippen LogP contribution in [0.5, 0.6) is 0 Å². The second-order valence-electron chi connectivity index (χ2n) is 5.17. The fourth-order valence-electron chi connectivity index (χ4n) is 2.53. The zero-order valence-corrected chi connectivity index (χ0v) is 12.1. The maximum Gasteiger partial charge on any atom is 0.321 e. The molecule has 7 heteroatoms. The van der Waals surface area contributed by atoms with Gasteiger partial charge in [-0.05, 0) is 25.3 Å². The van der Waals surface area contributed by atoms with Crippen LogP contribution < -0.4 is 16.0 Å². The Bertz CT molecular complexity index is 398. The molecule has 2 atom stereocenters. The summed E-state index contributed by atoms with van der Waals surface area (Å²) < 4.78 is 0. The number of rotatable bonds is 7. The quantitative estimate of drug-likeness (QED) is 0.511. The summed E-state index contributed by atoms with van der Waals surface area (Å²) in [6, 6.07) is -0.567. The molecular weight excluding hydrogens is 274 g/mol. The maximum absolute atomic E-state index is 11.5. The number of hydrogen-bond acceptors (Lipinski definition) is 4. The molecule has 2 unspecified atom stereocenters. The Kier molecular flexibility index (Phi) is 7.45. The van der Waals surface area contributed by atoms with Gasteiger partial charge in [0, 0.05) is 6.54 Å². The van der Waals surface area contributed by atoms with E-state index in [9.17, 15) is 14.4 Å². The largest absolute Gasteiger partial charge is 0.481 e. The Morgan fingerprint density at radius 2 is 1.95 bits per heavy atom. The van der Waals surface area contributed by atoms with Gasteiger partial charge in [0.05, 0.1) is 12.5 Å². The molecule has 1 aliphatic carbocycles. The minimum absolute atomic E-state index is 0.00958. The van der Waals surface area contributed by atoms with E-state index in [2.05, 4.69) is 22.5 Å². The fraction of sp³-hybridized carbons (Fsp3) is 0.643. The van der Waals surface area contributed by atoms with E-state index in [1.54, 1.807) is 0 Å². The molecule has 0 heterocycles. The molecule has 0 aromatic heterocycles. The first-order valence-corrected chi connectivity index (χ1v) is 7.16. The molecule has 1 aliphatic rings. The van der Waals surface area contributed by atoms with Gasteiger partial charge in [-0.1, -0.05) is 18.9 Å². The molecule has 118 valence electrons. The highest BCUT2D eigenvalue weighted by molar-refractivity contribution is 5.95. The number of amides is 3. The normalized spacial score (nSPS) is 21.3. The number of carbonyl (C=O) groups excluding carboxylic acids is 2. The summed E-state index contributed by atoms with van der Waals surface area (Å²) in [4.78, 5) is 33.9. The zero-order valence-electron chi connectivity index (χ0n) is 12.1. The Morgan fingerprint density at radius 1 is 1.24 bits per heavy atom. The van der Waals surface area contributed by atoms with Crippen molar-refractivity contribution in [3.8, 4) is 0 Å². The van der Waals surface area contributed by atoms with Crippen LogP contribution in [-0.2, 0) is 9.59 Å². The molecule has 0 bridgehead atoms. The molecule has 0 radical (unpaired) electrons. The molecule has 3 amide bonds. The summed E-state index contributed by atoms with van der Waals surface area (Å²) in [5.74, 6) is -1.52. The number of carbonyl (C=O) groups is 3. The van der Waals surface area contributed by atoms with Crippen LogP contribution in [0.2, 0.25) is 0 Å². The lowest BCUT2D eigenvalue weighted by Gasteiger charge is -2.28. The van der Waals surface area contributed by atoms with E-state index in [0.717, 1.165) is 19.3 Å². The van der Waals surface area contributed by atoms with Gasteiger partial charge in [0.2, 0.25) is 5.91 Å². The molecule has 7 nitrogen and oxygen atoms in total. The van der Waals surface area contributed by atoms with Crippen molar-refractivity contribution in [3.63, 3.8) is 0 Å². The molecule has 21 heavy (non-hydrogen) atoms. The van der Waals surface area contributed by atoms with Crippen LogP contribution in [0.1, 0.15) is 25.7 Å². The molecular formula is C14H23N3O4. The minimum Gasteiger partial charge on any atom is -0.481 e. The first-order chi connectivity index (χ1) is 10.0. The maximum atomic E-state index is 11.5. The van der Waals surface area contributed by atoms with E-state index < -0.39 is 17.9 Å². The molecule has 0 aromatic carbocycles. The van der Waals surface area contributed by atoms with Gasteiger partial charge in [-0.3, -0.25) is 14.9 Å². The highest BCUT2D eigenvalue weighted by Gasteiger charge is 2.30. The van der Waals surface area contributed by atoms with Crippen molar-refractivity contribution < 1.29 is 19.5 Å². The van der Waals surface area contributed by atoms with Gasteiger partial charge in [0.25, 0.3) is 0 Å². The van der Waals surface area contributed by atoms with Crippen LogP contribution in [-0.4, -0.2) is 42.6 Å². The van der Waals surface area contributed by atoms with Gasteiger partial charge in [0.15, 0.2) is 0 Å². The van der Waals surface area contributed by atoms with E-state index in [1.165, 1.54) is 6.08 Å². The van der Waals surface area contributed by atoms with Crippen LogP contribution in [0.25, 0.3) is 0 Å². The lowest BCUT2D eigenvalue weighted by atomic mass is 9.79. The molecule has 0 saturated heterocycles. The molecule has 1 rings (SSSR count). The highest BCUT2D eigenvalue weighted by atomic mass is 16.4. The van der Waals surface area contributed by atoms with Gasteiger partial charge >= 0.3 is 12.0 Å². The highest BCUT2D eigenvalue weighted by Crippen LogP contribution is 2.29. The van der Waals surface area contributed by atoms with E-state index in [4.69, 9.17) is 5.11 Å². The van der Waals surface area contributed by atoms with E-state index >= 15 is 0 Å². The number of carboxylic acid groups (broad SMARTS) is 1. The van der Waals surface area contributed by atoms with Gasteiger partial charge in [-0.2, -0.15) is 0 Å². The number of nitrogens with one attached hydrogen (secondary N) is 3. The minimum atomic E-state index is -0.769. The second kappa shape index (κ2) is 9.12. The van der Waals surface area contributed by atoms with E-state index in [0.29, 0.717) is 13.0 Å². The van der Waals surface area contributed by atoms with Gasteiger partial charge < -0.3 is 15.7 Å². The fourth-order valence-corrected chi connectivity index (χ4v) is 2.53. The van der Waals surface area contributed by atoms with Crippen molar-refractivity contribution in [1.82, 2.24) is 16.0 Å². The summed E-state index contributed by atoms with van der Waals surface area (Å²) in [6.07, 6.45) is 5.02. The van der Waals surface area contributed by atoms with Crippen LogP contribution >= 0.6 is 0 Å². The van der Waals surface area contributed by atoms with Gasteiger partial charge in [-0.25, -0.2) is 4.79 Å². The monoisotopic (exact) mass is 297 g/mol. The summed E-state index contributed by atoms with van der Waals surface area (Å²) in [6.45, 7) is 4.19. The van der Waals surface area contributed by atoms with Gasteiger partial charge in [-0.15, -0.1) is 6.58 Å². The first kappa shape index (κ1) is 17.2. The number of aliphatic carboxylic acids is 1. The predicted octanol–water partition coefficient (Wildman–Crippen LogP) is 0.479. The standard InChI is InChI=1S/C14H23N3O4/c1-2-7-16-14(21)17-12(18)9-15-8-10-5-3-4-6-11(10)13(19)20/h2,10-11,15H,1,3-9H2,(H,19,20)(H2,16,17,18,21). The zero-order chi connectivity index (χ0) is 15.7. The van der Waals surface area contributed by atoms with Crippen LogP contribution in [0, 0.1) is 11.8 Å². The second-order valence-corrected chi connectivity index (χ2v) is 5.17. The molecule has 4 N–H and O–H groups in total. The van der Waals surface area contributed by atoms with Crippen LogP contribution in [0.15, 0.2) is 12.7 Å². The van der Waals surface area contributed by atoms with Crippen molar-refractivity contribution in [3.05, 3.63) is 12.7 Å². The number of urea groups is 1. The van der Waals surface area contributed by atoms with Crippen molar-refractivity contribution in [2.24, 2.45) is 11.8 Å². The summed E-state index contributed by atoms with van der Waals surface area (Å²) in [5, 5.41) is 16.7. The lowest BCUT2D eigenvalue weighted by Crippen LogP contribution is -2.44. The van der Waals surface area contributed by atoms with Crippen molar-refractivity contribution in [1.29, 1.82) is 0 Å². The van der Waals surface area contributed by atoms with E-state index in [1.807, 2.05) is 0 Å².